The van der Waals surface area contributed by atoms with E-state index in [4.69, 9.17) is 10.00 Å². The van der Waals surface area contributed by atoms with Crippen LogP contribution in [0.4, 0.5) is 29.5 Å². The van der Waals surface area contributed by atoms with Crippen molar-refractivity contribution in [1.29, 1.82) is 5.26 Å². The fourth-order valence-corrected chi connectivity index (χ4v) is 3.42. The van der Waals surface area contributed by atoms with Crippen molar-refractivity contribution in [1.82, 2.24) is 4.98 Å². The normalized spacial score (nSPS) is 10.9. The largest absolute Gasteiger partial charge is 0.457 e. The minimum Gasteiger partial charge on any atom is -0.457 e. The minimum atomic E-state index is -4.74. The predicted molar refractivity (Wildman–Crippen MR) is 128 cm³/mol. The van der Waals surface area contributed by atoms with Gasteiger partial charge in [0.15, 0.2) is 0 Å². The fourth-order valence-electron chi connectivity index (χ4n) is 3.42. The molecule has 0 radical (unpaired) electrons. The van der Waals surface area contributed by atoms with Crippen LogP contribution < -0.4 is 15.4 Å². The number of nitrogens with zero attached hydrogens (tertiary/aromatic N) is 2. The Labute approximate surface area is 208 Å². The molecule has 8 nitrogen and oxygen atoms in total. The lowest BCUT2D eigenvalue weighted by Crippen LogP contribution is -2.14. The van der Waals surface area contributed by atoms with Crippen LogP contribution in [0.1, 0.15) is 21.5 Å². The molecule has 3 aromatic carbocycles. The first-order valence-corrected chi connectivity index (χ1v) is 10.6. The van der Waals surface area contributed by atoms with Gasteiger partial charge in [-0.3, -0.25) is 10.1 Å². The second-order valence-electron chi connectivity index (χ2n) is 7.64. The van der Waals surface area contributed by atoms with Crippen LogP contribution in [-0.4, -0.2) is 24.1 Å². The number of amides is 2. The average Bonchev–Trinajstić information content (AvgIpc) is 2.87. The number of hydrogen-bond donors (Lipinski definition) is 2. The molecule has 0 bridgehead atoms. The third-order valence-corrected chi connectivity index (χ3v) is 5.16. The second kappa shape index (κ2) is 10.2. The average molecular weight is 506 g/mol. The lowest BCUT2D eigenvalue weighted by Gasteiger charge is -2.12. The number of hydrogen-bond acceptors (Lipinski definition) is 6. The number of nitrogens with one attached hydrogen (secondary N) is 2. The van der Waals surface area contributed by atoms with E-state index < -0.39 is 29.3 Å². The maximum atomic E-state index is 13.2. The third kappa shape index (κ3) is 5.94. The second-order valence-corrected chi connectivity index (χ2v) is 7.64. The van der Waals surface area contributed by atoms with E-state index >= 15 is 0 Å². The highest BCUT2D eigenvalue weighted by molar-refractivity contribution is 6.06. The van der Waals surface area contributed by atoms with Gasteiger partial charge >= 0.3 is 12.3 Å². The van der Waals surface area contributed by atoms with E-state index in [1.54, 1.807) is 42.5 Å². The molecule has 0 unspecified atom stereocenters. The van der Waals surface area contributed by atoms with Crippen molar-refractivity contribution in [3.63, 3.8) is 0 Å². The smallest absolute Gasteiger partial charge is 0.417 e. The van der Waals surface area contributed by atoms with Gasteiger partial charge < -0.3 is 14.8 Å². The summed E-state index contributed by atoms with van der Waals surface area (Å²) in [6, 6.07) is 17.5. The summed E-state index contributed by atoms with van der Waals surface area (Å²) in [6.45, 7) is 0. The van der Waals surface area contributed by atoms with E-state index in [1.165, 1.54) is 31.5 Å². The third-order valence-electron chi connectivity index (χ3n) is 5.16. The van der Waals surface area contributed by atoms with Gasteiger partial charge in [0.1, 0.15) is 17.3 Å². The van der Waals surface area contributed by atoms with Gasteiger partial charge in [-0.05, 0) is 59.3 Å². The van der Waals surface area contributed by atoms with Crippen molar-refractivity contribution >= 4 is 34.3 Å². The van der Waals surface area contributed by atoms with E-state index in [2.05, 4.69) is 20.4 Å². The van der Waals surface area contributed by atoms with E-state index in [-0.39, 0.29) is 17.1 Å². The molecule has 186 valence electrons. The summed E-state index contributed by atoms with van der Waals surface area (Å²) in [5, 5.41) is 15.2. The van der Waals surface area contributed by atoms with Crippen molar-refractivity contribution in [2.24, 2.45) is 0 Å². The van der Waals surface area contributed by atoms with Gasteiger partial charge in [0.2, 0.25) is 0 Å². The van der Waals surface area contributed by atoms with Crippen molar-refractivity contribution in [3.8, 4) is 17.6 Å². The number of anilines is 2. The van der Waals surface area contributed by atoms with Gasteiger partial charge in [-0.1, -0.05) is 12.1 Å². The molecule has 37 heavy (non-hydrogen) atoms. The number of rotatable bonds is 5. The molecule has 0 saturated heterocycles. The van der Waals surface area contributed by atoms with Gasteiger partial charge in [-0.25, -0.2) is 9.78 Å². The first-order valence-electron chi connectivity index (χ1n) is 10.6. The van der Waals surface area contributed by atoms with Gasteiger partial charge in [0.05, 0.1) is 24.3 Å². The molecule has 0 spiro atoms. The number of halogens is 3. The zero-order chi connectivity index (χ0) is 26.6. The summed E-state index contributed by atoms with van der Waals surface area (Å²) in [7, 11) is 1.23. The zero-order valence-electron chi connectivity index (χ0n) is 19.1. The van der Waals surface area contributed by atoms with Crippen molar-refractivity contribution in [3.05, 3.63) is 89.6 Å². The van der Waals surface area contributed by atoms with Gasteiger partial charge in [0, 0.05) is 23.5 Å². The zero-order valence-corrected chi connectivity index (χ0v) is 19.1. The van der Waals surface area contributed by atoms with Crippen LogP contribution in [-0.2, 0) is 10.9 Å². The van der Waals surface area contributed by atoms with Crippen LogP contribution >= 0.6 is 0 Å². The molecular formula is C26H17F3N4O4. The van der Waals surface area contributed by atoms with Crippen molar-refractivity contribution in [2.45, 2.75) is 6.18 Å². The standard InChI is InChI=1S/C26H17F3N4O4/c1-36-25(35)33-23-13-21(8-9-31-23)37-20-7-5-15-2-3-16(10-18(15)11-20)24(34)32-19-6-4-17(14-30)22(12-19)26(27,28)29/h2-13H,1H3,(H,32,34)(H,31,33,35). The summed E-state index contributed by atoms with van der Waals surface area (Å²) >= 11 is 0. The Morgan fingerprint density at radius 1 is 0.919 bits per heavy atom. The first kappa shape index (κ1) is 25.0. The number of methoxy groups -OCH3 is 1. The molecule has 0 fully saturated rings. The Hall–Kier alpha value is -5.11. The Bertz CT molecular complexity index is 1550. The number of benzene rings is 3. The number of pyridine rings is 1. The predicted octanol–water partition coefficient (Wildman–Crippen LogP) is 6.35. The number of ether oxygens (including phenoxy) is 2. The van der Waals surface area contributed by atoms with E-state index in [9.17, 15) is 22.8 Å². The van der Waals surface area contributed by atoms with Crippen molar-refractivity contribution < 1.29 is 32.2 Å². The lowest BCUT2D eigenvalue weighted by molar-refractivity contribution is -0.137. The number of carbonyl (C=O) groups excluding carboxylic acids is 2. The molecule has 4 aromatic rings. The topological polar surface area (TPSA) is 113 Å². The summed E-state index contributed by atoms with van der Waals surface area (Å²) in [6.07, 6.45) is -3.98. The van der Waals surface area contributed by atoms with Crippen LogP contribution in [0.2, 0.25) is 0 Å². The SMILES string of the molecule is COC(=O)Nc1cc(Oc2ccc3ccc(C(=O)Nc4ccc(C#N)c(C(F)(F)F)c4)cc3c2)ccn1. The molecule has 1 heterocycles. The quantitative estimate of drug-likeness (QED) is 0.326. The molecule has 4 rings (SSSR count). The number of alkyl halides is 3. The minimum absolute atomic E-state index is 0.0949. The molecule has 2 N–H and O–H groups in total. The number of fused-ring (bicyclic) bond motifs is 1. The van der Waals surface area contributed by atoms with E-state index in [0.717, 1.165) is 17.5 Å². The number of aromatic nitrogens is 1. The van der Waals surface area contributed by atoms with Crippen molar-refractivity contribution in [2.75, 3.05) is 17.7 Å². The van der Waals surface area contributed by atoms with E-state index in [0.29, 0.717) is 16.9 Å². The van der Waals surface area contributed by atoms with Crippen LogP contribution in [0.15, 0.2) is 72.9 Å². The highest BCUT2D eigenvalue weighted by atomic mass is 19.4. The summed E-state index contributed by atoms with van der Waals surface area (Å²) in [4.78, 5) is 28.1. The lowest BCUT2D eigenvalue weighted by atomic mass is 10.1. The number of nitriles is 1. The van der Waals surface area contributed by atoms with E-state index in [1.807, 2.05) is 0 Å². The van der Waals surface area contributed by atoms with Gasteiger partial charge in [-0.2, -0.15) is 18.4 Å². The van der Waals surface area contributed by atoms with Gasteiger partial charge in [0.25, 0.3) is 5.91 Å². The molecule has 0 atom stereocenters. The summed E-state index contributed by atoms with van der Waals surface area (Å²) < 4.78 is 50.1. The molecule has 0 saturated carbocycles. The van der Waals surface area contributed by atoms with Gasteiger partial charge in [-0.15, -0.1) is 0 Å². The van der Waals surface area contributed by atoms with Crippen LogP contribution in [0.25, 0.3) is 10.8 Å². The number of carbonyl (C=O) groups is 2. The van der Waals surface area contributed by atoms with Crippen LogP contribution in [0, 0.1) is 11.3 Å². The Balaban J connectivity index is 1.55. The molecule has 2 amide bonds. The Morgan fingerprint density at radius 3 is 2.41 bits per heavy atom. The fraction of sp³-hybridized carbons (Fsp3) is 0.0769. The molecule has 0 aliphatic carbocycles. The Kier molecular flexibility index (Phi) is 6.92. The molecule has 0 aliphatic rings. The Morgan fingerprint density at radius 2 is 1.68 bits per heavy atom. The monoisotopic (exact) mass is 506 g/mol. The van der Waals surface area contributed by atoms with Crippen LogP contribution in [0.3, 0.4) is 0 Å². The van der Waals surface area contributed by atoms with Crippen LogP contribution in [0.5, 0.6) is 11.5 Å². The molecular weight excluding hydrogens is 489 g/mol. The molecule has 0 aliphatic heterocycles. The highest BCUT2D eigenvalue weighted by Crippen LogP contribution is 2.34. The first-order chi connectivity index (χ1) is 17.7. The highest BCUT2D eigenvalue weighted by Gasteiger charge is 2.34. The summed E-state index contributed by atoms with van der Waals surface area (Å²) in [5.74, 6) is 0.414. The maximum Gasteiger partial charge on any atom is 0.417 e. The maximum absolute atomic E-state index is 13.2. The molecule has 1 aromatic heterocycles. The summed E-state index contributed by atoms with van der Waals surface area (Å²) in [5.41, 5.74) is -1.56. The molecule has 11 heteroatoms.